The molecule has 12 nitrogen and oxygen atoms in total. The van der Waals surface area contributed by atoms with Crippen LogP contribution in [0.2, 0.25) is 0 Å². The standard InChI is InChI=1S/C36H45N3O9/c1-36(2,3)48-33(42)20-29(38-35(44)47-23-28-17-11-6-12-18-28)24-45-25-32(41)37-21-31(40)39-30(19-26-13-7-4-8-14-26)34(43)46-22-27-15-9-5-10-16-27/h5-7,9-18,29-30H,4,8,19-25H2,1-3H3,(H,37,41)(H,38,44)(H,39,40)/t29?,30-/m0/s1. The summed E-state index contributed by atoms with van der Waals surface area (Å²) in [7, 11) is 0. The van der Waals surface area contributed by atoms with E-state index in [-0.39, 0.29) is 32.7 Å². The van der Waals surface area contributed by atoms with E-state index in [4.69, 9.17) is 18.9 Å². The largest absolute Gasteiger partial charge is 0.460 e. The monoisotopic (exact) mass is 663 g/mol. The molecule has 0 spiro atoms. The van der Waals surface area contributed by atoms with Gasteiger partial charge in [-0.15, -0.1) is 0 Å². The summed E-state index contributed by atoms with van der Waals surface area (Å²) in [6.45, 7) is 4.16. The number of benzene rings is 2. The van der Waals surface area contributed by atoms with Gasteiger partial charge in [0.15, 0.2) is 0 Å². The van der Waals surface area contributed by atoms with Gasteiger partial charge in [0, 0.05) is 6.42 Å². The molecule has 2 aromatic rings. The predicted octanol–water partition coefficient (Wildman–Crippen LogP) is 4.04. The molecule has 0 saturated carbocycles. The Morgan fingerprint density at radius 3 is 2.06 bits per heavy atom. The Morgan fingerprint density at radius 2 is 1.46 bits per heavy atom. The van der Waals surface area contributed by atoms with Crippen molar-refractivity contribution in [3.63, 3.8) is 0 Å². The number of amides is 3. The molecule has 0 heterocycles. The average Bonchev–Trinajstić information content (AvgIpc) is 3.05. The first kappa shape index (κ1) is 37.5. The van der Waals surface area contributed by atoms with Crippen LogP contribution in [0.1, 0.15) is 57.6 Å². The molecule has 1 aliphatic rings. The zero-order valence-corrected chi connectivity index (χ0v) is 27.7. The molecule has 3 amide bonds. The third-order valence-corrected chi connectivity index (χ3v) is 6.72. The maximum absolute atomic E-state index is 12.9. The molecule has 0 radical (unpaired) electrons. The van der Waals surface area contributed by atoms with Gasteiger partial charge in [0.05, 0.1) is 25.6 Å². The van der Waals surface area contributed by atoms with E-state index in [0.717, 1.165) is 29.5 Å². The zero-order valence-electron chi connectivity index (χ0n) is 27.7. The molecule has 2 atom stereocenters. The zero-order chi connectivity index (χ0) is 34.8. The van der Waals surface area contributed by atoms with Crippen LogP contribution in [0.3, 0.4) is 0 Å². The van der Waals surface area contributed by atoms with Crippen molar-refractivity contribution in [3.8, 4) is 0 Å². The number of carbonyl (C=O) groups is 5. The highest BCUT2D eigenvalue weighted by Gasteiger charge is 2.25. The number of hydrogen-bond acceptors (Lipinski definition) is 9. The summed E-state index contributed by atoms with van der Waals surface area (Å²) in [6.07, 6.45) is 6.92. The third-order valence-electron chi connectivity index (χ3n) is 6.72. The lowest BCUT2D eigenvalue weighted by atomic mass is 10.00. The fourth-order valence-corrected chi connectivity index (χ4v) is 4.51. The highest BCUT2D eigenvalue weighted by atomic mass is 16.6. The number of hydrogen-bond donors (Lipinski definition) is 3. The molecular weight excluding hydrogens is 618 g/mol. The lowest BCUT2D eigenvalue weighted by molar-refractivity contribution is -0.155. The van der Waals surface area contributed by atoms with Gasteiger partial charge in [-0.05, 0) is 50.3 Å². The highest BCUT2D eigenvalue weighted by molar-refractivity contribution is 5.88. The van der Waals surface area contributed by atoms with E-state index < -0.39 is 60.7 Å². The Kier molecular flexibility index (Phi) is 15.3. The summed E-state index contributed by atoms with van der Waals surface area (Å²) in [6, 6.07) is 16.5. The summed E-state index contributed by atoms with van der Waals surface area (Å²) in [5, 5.41) is 7.69. The van der Waals surface area contributed by atoms with Crippen molar-refractivity contribution in [2.45, 2.75) is 77.4 Å². The molecule has 2 aromatic carbocycles. The first-order valence-electron chi connectivity index (χ1n) is 15.9. The van der Waals surface area contributed by atoms with Crippen molar-refractivity contribution in [1.82, 2.24) is 16.0 Å². The number of rotatable bonds is 17. The molecule has 12 heteroatoms. The van der Waals surface area contributed by atoms with Crippen LogP contribution in [0.5, 0.6) is 0 Å². The Labute approximate surface area is 281 Å². The second-order valence-electron chi connectivity index (χ2n) is 12.2. The smallest absolute Gasteiger partial charge is 0.407 e. The number of esters is 2. The average molecular weight is 664 g/mol. The molecule has 3 N–H and O–H groups in total. The van der Waals surface area contributed by atoms with Crippen LogP contribution in [0.25, 0.3) is 0 Å². The number of alkyl carbamates (subject to hydrolysis) is 1. The summed E-state index contributed by atoms with van der Waals surface area (Å²) in [5.74, 6) is -2.37. The maximum atomic E-state index is 12.9. The summed E-state index contributed by atoms with van der Waals surface area (Å²) in [5.41, 5.74) is 1.76. The molecule has 0 aromatic heterocycles. The van der Waals surface area contributed by atoms with E-state index in [1.54, 1.807) is 32.9 Å². The number of allylic oxidation sites excluding steroid dienone is 3. The minimum Gasteiger partial charge on any atom is -0.460 e. The van der Waals surface area contributed by atoms with Crippen LogP contribution < -0.4 is 16.0 Å². The van der Waals surface area contributed by atoms with E-state index >= 15 is 0 Å². The van der Waals surface area contributed by atoms with E-state index in [9.17, 15) is 24.0 Å². The number of carbonyl (C=O) groups excluding carboxylic acids is 5. The van der Waals surface area contributed by atoms with Gasteiger partial charge in [-0.2, -0.15) is 0 Å². The van der Waals surface area contributed by atoms with Crippen molar-refractivity contribution < 1.29 is 42.9 Å². The van der Waals surface area contributed by atoms with Gasteiger partial charge >= 0.3 is 18.0 Å². The van der Waals surface area contributed by atoms with E-state index in [1.165, 1.54) is 0 Å². The molecule has 0 aliphatic heterocycles. The Hall–Kier alpha value is -4.97. The lowest BCUT2D eigenvalue weighted by Crippen LogP contribution is -2.47. The van der Waals surface area contributed by atoms with Crippen LogP contribution in [0, 0.1) is 0 Å². The van der Waals surface area contributed by atoms with Crippen LogP contribution in [-0.4, -0.2) is 67.3 Å². The molecule has 0 fully saturated rings. The highest BCUT2D eigenvalue weighted by Crippen LogP contribution is 2.16. The quantitative estimate of drug-likeness (QED) is 0.168. The number of ether oxygens (including phenoxy) is 4. The van der Waals surface area contributed by atoms with Gasteiger partial charge in [-0.1, -0.05) is 78.9 Å². The van der Waals surface area contributed by atoms with Crippen molar-refractivity contribution in [2.24, 2.45) is 0 Å². The summed E-state index contributed by atoms with van der Waals surface area (Å²) < 4.78 is 21.5. The second kappa shape index (κ2) is 19.6. The van der Waals surface area contributed by atoms with E-state index in [1.807, 2.05) is 66.8 Å². The van der Waals surface area contributed by atoms with Crippen LogP contribution >= 0.6 is 0 Å². The molecular formula is C36H45N3O9. The van der Waals surface area contributed by atoms with Gasteiger partial charge in [0.25, 0.3) is 0 Å². The fraction of sp³-hybridized carbons (Fsp3) is 0.417. The fourth-order valence-electron chi connectivity index (χ4n) is 4.51. The van der Waals surface area contributed by atoms with Gasteiger partial charge in [-0.25, -0.2) is 9.59 Å². The lowest BCUT2D eigenvalue weighted by Gasteiger charge is -2.23. The molecule has 3 rings (SSSR count). The first-order valence-corrected chi connectivity index (χ1v) is 15.9. The van der Waals surface area contributed by atoms with Crippen LogP contribution in [0.15, 0.2) is 84.5 Å². The minimum absolute atomic E-state index is 0.0249. The van der Waals surface area contributed by atoms with E-state index in [0.29, 0.717) is 0 Å². The van der Waals surface area contributed by atoms with Crippen molar-refractivity contribution >= 4 is 29.8 Å². The minimum atomic E-state index is -0.954. The molecule has 1 unspecified atom stereocenters. The van der Waals surface area contributed by atoms with Gasteiger partial charge < -0.3 is 34.9 Å². The normalized spacial score (nSPS) is 13.7. The Bertz CT molecular complexity index is 1420. The predicted molar refractivity (Wildman–Crippen MR) is 177 cm³/mol. The van der Waals surface area contributed by atoms with Crippen LogP contribution in [-0.2, 0) is 51.3 Å². The second-order valence-corrected chi connectivity index (χ2v) is 12.2. The Balaban J connectivity index is 1.47. The SMILES string of the molecule is CC(C)(C)OC(=O)CC(COCC(=O)NCC(=O)N[C@@H](CC1=CCCC=C1)C(=O)OCc1ccccc1)NC(=O)OCc1ccccc1. The number of nitrogens with one attached hydrogen (secondary N) is 3. The van der Waals surface area contributed by atoms with E-state index in [2.05, 4.69) is 16.0 Å². The van der Waals surface area contributed by atoms with Crippen molar-refractivity contribution in [3.05, 3.63) is 95.6 Å². The molecule has 1 aliphatic carbocycles. The molecule has 258 valence electrons. The maximum Gasteiger partial charge on any atom is 0.407 e. The van der Waals surface area contributed by atoms with Gasteiger partial charge in [-0.3, -0.25) is 14.4 Å². The van der Waals surface area contributed by atoms with Crippen LogP contribution in [0.4, 0.5) is 4.79 Å². The topological polar surface area (TPSA) is 158 Å². The molecule has 48 heavy (non-hydrogen) atoms. The Morgan fingerprint density at radius 1 is 0.812 bits per heavy atom. The van der Waals surface area contributed by atoms with Crippen molar-refractivity contribution in [1.29, 1.82) is 0 Å². The molecule has 0 bridgehead atoms. The molecule has 0 saturated heterocycles. The first-order chi connectivity index (χ1) is 23.0. The van der Waals surface area contributed by atoms with Gasteiger partial charge in [0.2, 0.25) is 11.8 Å². The summed E-state index contributed by atoms with van der Waals surface area (Å²) >= 11 is 0. The van der Waals surface area contributed by atoms with Gasteiger partial charge in [0.1, 0.15) is 31.5 Å². The third kappa shape index (κ3) is 15.5. The van der Waals surface area contributed by atoms with Crippen molar-refractivity contribution in [2.75, 3.05) is 19.8 Å². The summed E-state index contributed by atoms with van der Waals surface area (Å²) in [4.78, 5) is 63.1.